The predicted octanol–water partition coefficient (Wildman–Crippen LogP) is 7.18. The normalized spacial score (nSPS) is 10.5. The summed E-state index contributed by atoms with van der Waals surface area (Å²) < 4.78 is 0. The maximum absolute atomic E-state index is 4.24. The number of hydrogen-bond donors (Lipinski definition) is 1. The molecule has 0 fully saturated rings. The van der Waals surface area contributed by atoms with E-state index in [-0.39, 0.29) is 22.4 Å². The van der Waals surface area contributed by atoms with Gasteiger partial charge in [-0.25, -0.2) is 0 Å². The fourth-order valence-corrected chi connectivity index (χ4v) is 2.88. The number of thiol groups is 1. The van der Waals surface area contributed by atoms with Crippen LogP contribution in [0.3, 0.4) is 0 Å². The molecule has 0 aliphatic heterocycles. The fraction of sp³-hybridized carbons (Fsp3) is 1.00. The first-order chi connectivity index (χ1) is 9.41. The van der Waals surface area contributed by atoms with Crippen molar-refractivity contribution >= 4 is 12.6 Å². The van der Waals surface area contributed by atoms with Gasteiger partial charge < -0.3 is 0 Å². The topological polar surface area (TPSA) is 0 Å². The Hall–Kier alpha value is 1.09. The van der Waals surface area contributed by atoms with Gasteiger partial charge in [-0.2, -0.15) is 12.6 Å². The van der Waals surface area contributed by atoms with E-state index < -0.39 is 0 Å². The maximum Gasteiger partial charge on any atom is 0 e. The predicted molar refractivity (Wildman–Crippen MR) is 93.4 cm³/mol. The zero-order chi connectivity index (χ0) is 14.0. The van der Waals surface area contributed by atoms with Crippen LogP contribution in [0.2, 0.25) is 0 Å². The van der Waals surface area contributed by atoms with Gasteiger partial charge in [-0.15, -0.1) is 0 Å². The summed E-state index contributed by atoms with van der Waals surface area (Å²) >= 11 is 4.24. The molecule has 0 aliphatic carbocycles. The van der Waals surface area contributed by atoms with Gasteiger partial charge in [0.2, 0.25) is 0 Å². The molecule has 0 aromatic rings. The Morgan fingerprint density at radius 2 is 0.700 bits per heavy atom. The smallest absolute Gasteiger partial charge is 0 e. The molecule has 0 atom stereocenters. The Kier molecular flexibility index (Phi) is 26.1. The van der Waals surface area contributed by atoms with E-state index in [9.17, 15) is 0 Å². The molecule has 0 saturated carbocycles. The van der Waals surface area contributed by atoms with Crippen LogP contribution in [-0.2, 0) is 22.4 Å². The molecule has 0 aromatic heterocycles. The molecule has 0 N–H and O–H groups in total. The summed E-state index contributed by atoms with van der Waals surface area (Å²) in [5.74, 6) is 1.07. The Morgan fingerprint density at radius 1 is 0.450 bits per heavy atom. The van der Waals surface area contributed by atoms with Crippen molar-refractivity contribution in [2.24, 2.45) is 0 Å². The van der Waals surface area contributed by atoms with E-state index in [1.807, 2.05) is 0 Å². The molecule has 0 nitrogen and oxygen atoms in total. The zero-order valence-electron chi connectivity index (χ0n) is 13.8. The quantitative estimate of drug-likeness (QED) is 0.134. The first-order valence-corrected chi connectivity index (χ1v) is 9.66. The van der Waals surface area contributed by atoms with Crippen molar-refractivity contribution in [3.05, 3.63) is 0 Å². The summed E-state index contributed by atoms with van der Waals surface area (Å²) in [4.78, 5) is 0. The van der Waals surface area contributed by atoms with E-state index in [0.717, 1.165) is 5.75 Å². The monoisotopic (exact) mass is 483 g/mol. The van der Waals surface area contributed by atoms with Gasteiger partial charge in [0.15, 0.2) is 0 Å². The summed E-state index contributed by atoms with van der Waals surface area (Å²) in [6.45, 7) is 2.29. The summed E-state index contributed by atoms with van der Waals surface area (Å²) in [5.41, 5.74) is 0. The van der Waals surface area contributed by atoms with Gasteiger partial charge in [0.05, 0.1) is 0 Å². The number of unbranched alkanes of at least 4 members (excludes halogenated alkanes) is 15. The molecule has 0 aliphatic rings. The molecule has 0 saturated heterocycles. The second kappa shape index (κ2) is 22.4. The van der Waals surface area contributed by atoms with Crippen LogP contribution in [0.25, 0.3) is 0 Å². The first-order valence-electron chi connectivity index (χ1n) is 9.02. The van der Waals surface area contributed by atoms with Crippen LogP contribution in [0.4, 0.5) is 0 Å². The van der Waals surface area contributed by atoms with Gasteiger partial charge in [-0.3, -0.25) is 0 Å². The van der Waals surface area contributed by atoms with Crippen LogP contribution >= 0.6 is 12.6 Å². The molecular weight excluding hydrogens is 445 g/mol. The summed E-state index contributed by atoms with van der Waals surface area (Å²) in [7, 11) is 0. The minimum absolute atomic E-state index is 0. The van der Waals surface area contributed by atoms with E-state index >= 15 is 0 Å². The molecule has 0 unspecified atom stereocenters. The summed E-state index contributed by atoms with van der Waals surface area (Å²) in [5, 5.41) is 0. The molecule has 0 aromatic carbocycles. The minimum atomic E-state index is 0. The van der Waals surface area contributed by atoms with Gasteiger partial charge >= 0.3 is 0 Å². The molecule has 0 bridgehead atoms. The van der Waals surface area contributed by atoms with Crippen molar-refractivity contribution in [3.8, 4) is 0 Å². The van der Waals surface area contributed by atoms with Gasteiger partial charge in [-0.05, 0) is 12.2 Å². The fourth-order valence-electron chi connectivity index (χ4n) is 2.66. The minimum Gasteiger partial charge on any atom is -0.179 e. The van der Waals surface area contributed by atoms with Crippen molar-refractivity contribution in [3.63, 3.8) is 0 Å². The third-order valence-electron chi connectivity index (χ3n) is 4.01. The second-order valence-electron chi connectivity index (χ2n) is 6.03. The molecule has 1 radical (unpaired) electrons. The van der Waals surface area contributed by atoms with Crippen LogP contribution in [0.5, 0.6) is 0 Å². The standard InChI is InChI=1S/C18H38S.Au/c1-2-3-4-5-6-7-8-9-10-11-12-13-14-15-16-17-18-19;/h19H,2-18H2,1H3;. The molecule has 2 heteroatoms. The van der Waals surface area contributed by atoms with Crippen LogP contribution in [-0.4, -0.2) is 5.75 Å². The Labute approximate surface area is 150 Å². The van der Waals surface area contributed by atoms with Crippen molar-refractivity contribution in [2.75, 3.05) is 5.75 Å². The van der Waals surface area contributed by atoms with Crippen molar-refractivity contribution in [1.29, 1.82) is 0 Å². The van der Waals surface area contributed by atoms with Crippen molar-refractivity contribution in [2.45, 2.75) is 110 Å². The van der Waals surface area contributed by atoms with Crippen LogP contribution in [0.1, 0.15) is 110 Å². The average molecular weight is 484 g/mol. The van der Waals surface area contributed by atoms with Crippen LogP contribution in [0, 0.1) is 0 Å². The van der Waals surface area contributed by atoms with E-state index in [2.05, 4.69) is 19.6 Å². The van der Waals surface area contributed by atoms with E-state index in [1.165, 1.54) is 103 Å². The molecule has 0 heterocycles. The van der Waals surface area contributed by atoms with Gasteiger partial charge in [-0.1, -0.05) is 103 Å². The SMILES string of the molecule is CCCCCCCCCCCCCCCCCCS.[Au]. The van der Waals surface area contributed by atoms with Crippen LogP contribution in [0.15, 0.2) is 0 Å². The van der Waals surface area contributed by atoms with E-state index in [1.54, 1.807) is 0 Å². The number of rotatable bonds is 16. The van der Waals surface area contributed by atoms with Crippen molar-refractivity contribution < 1.29 is 22.4 Å². The second-order valence-corrected chi connectivity index (χ2v) is 6.47. The zero-order valence-corrected chi connectivity index (χ0v) is 16.8. The first kappa shape index (κ1) is 23.4. The molecule has 0 amide bonds. The summed E-state index contributed by atoms with van der Waals surface area (Å²) in [6.07, 6.45) is 23.1. The molecule has 0 spiro atoms. The van der Waals surface area contributed by atoms with Gasteiger partial charge in [0, 0.05) is 22.4 Å². The average Bonchev–Trinajstić information content (AvgIpc) is 2.43. The Morgan fingerprint density at radius 3 is 0.950 bits per heavy atom. The Bertz CT molecular complexity index is 134. The number of hydrogen-bond acceptors (Lipinski definition) is 1. The van der Waals surface area contributed by atoms with Crippen LogP contribution < -0.4 is 0 Å². The van der Waals surface area contributed by atoms with Gasteiger partial charge in [0.25, 0.3) is 0 Å². The summed E-state index contributed by atoms with van der Waals surface area (Å²) in [6, 6.07) is 0. The molecule has 20 heavy (non-hydrogen) atoms. The maximum atomic E-state index is 4.24. The van der Waals surface area contributed by atoms with Crippen molar-refractivity contribution in [1.82, 2.24) is 0 Å². The molecular formula is C18H38AuS. The Balaban J connectivity index is 0. The third kappa shape index (κ3) is 21.4. The van der Waals surface area contributed by atoms with E-state index in [0.29, 0.717) is 0 Å². The van der Waals surface area contributed by atoms with E-state index in [4.69, 9.17) is 0 Å². The molecule has 127 valence electrons. The molecule has 0 rings (SSSR count). The van der Waals surface area contributed by atoms with Gasteiger partial charge in [0.1, 0.15) is 0 Å². The largest absolute Gasteiger partial charge is 0.179 e. The third-order valence-corrected chi connectivity index (χ3v) is 4.33.